The number of hydrogen-bond acceptors (Lipinski definition) is 3. The standard InChI is InChI=1S/C14H24N4/c1-10-14(17-9-16-10)8-15-7-11-5-12-3-4-13(6-11)18(12)2/h9,11-13,15H,3-8H2,1-2H3,(H,16,17). The Labute approximate surface area is 109 Å². The van der Waals surface area contributed by atoms with E-state index in [1.807, 2.05) is 0 Å². The molecule has 2 fully saturated rings. The number of nitrogens with one attached hydrogen (secondary N) is 2. The lowest BCUT2D eigenvalue weighted by Gasteiger charge is -2.36. The highest BCUT2D eigenvalue weighted by Crippen LogP contribution is 2.36. The first-order valence-corrected chi connectivity index (χ1v) is 7.15. The Balaban J connectivity index is 1.46. The largest absolute Gasteiger partial charge is 0.348 e. The molecule has 0 aromatic carbocycles. The number of imidazole rings is 1. The van der Waals surface area contributed by atoms with Crippen molar-refractivity contribution in [2.45, 2.75) is 51.2 Å². The molecule has 0 aliphatic carbocycles. The molecule has 2 unspecified atom stereocenters. The third-order valence-electron chi connectivity index (χ3n) is 4.86. The zero-order valence-electron chi connectivity index (χ0n) is 11.4. The molecule has 100 valence electrons. The molecular formula is C14H24N4. The number of aromatic amines is 1. The molecule has 0 spiro atoms. The molecule has 0 saturated carbocycles. The third-order valence-corrected chi connectivity index (χ3v) is 4.86. The Morgan fingerprint density at radius 1 is 1.39 bits per heavy atom. The number of fused-ring (bicyclic) bond motifs is 2. The molecule has 2 aliphatic rings. The molecule has 2 saturated heterocycles. The second-order valence-electron chi connectivity index (χ2n) is 5.99. The van der Waals surface area contributed by atoms with E-state index in [-0.39, 0.29) is 0 Å². The van der Waals surface area contributed by atoms with Gasteiger partial charge < -0.3 is 15.2 Å². The summed E-state index contributed by atoms with van der Waals surface area (Å²) in [6.45, 7) is 4.13. The summed E-state index contributed by atoms with van der Waals surface area (Å²) in [5.74, 6) is 0.859. The Morgan fingerprint density at radius 2 is 2.11 bits per heavy atom. The quantitative estimate of drug-likeness (QED) is 0.852. The van der Waals surface area contributed by atoms with Gasteiger partial charge in [-0.2, -0.15) is 0 Å². The van der Waals surface area contributed by atoms with Gasteiger partial charge in [0.2, 0.25) is 0 Å². The average molecular weight is 248 g/mol. The van der Waals surface area contributed by atoms with Crippen molar-refractivity contribution < 1.29 is 0 Å². The van der Waals surface area contributed by atoms with Gasteiger partial charge in [-0.05, 0) is 52.1 Å². The van der Waals surface area contributed by atoms with Crippen molar-refractivity contribution in [1.82, 2.24) is 20.2 Å². The molecule has 1 aromatic heterocycles. The number of H-pyrrole nitrogens is 1. The average Bonchev–Trinajstić information content (AvgIpc) is 2.82. The second-order valence-corrected chi connectivity index (χ2v) is 5.99. The lowest BCUT2D eigenvalue weighted by Crippen LogP contribution is -2.42. The molecular weight excluding hydrogens is 224 g/mol. The van der Waals surface area contributed by atoms with Gasteiger partial charge in [0.25, 0.3) is 0 Å². The van der Waals surface area contributed by atoms with Gasteiger partial charge in [-0.25, -0.2) is 4.98 Å². The van der Waals surface area contributed by atoms with E-state index in [1.165, 1.54) is 31.4 Å². The molecule has 3 rings (SSSR count). The highest BCUT2D eigenvalue weighted by Gasteiger charge is 2.37. The molecule has 0 amide bonds. The molecule has 0 radical (unpaired) electrons. The van der Waals surface area contributed by atoms with Crippen molar-refractivity contribution >= 4 is 0 Å². The monoisotopic (exact) mass is 248 g/mol. The highest BCUT2D eigenvalue weighted by molar-refractivity contribution is 5.08. The zero-order chi connectivity index (χ0) is 12.5. The fraction of sp³-hybridized carbons (Fsp3) is 0.786. The van der Waals surface area contributed by atoms with E-state index in [2.05, 4.69) is 34.2 Å². The van der Waals surface area contributed by atoms with Crippen molar-refractivity contribution in [1.29, 1.82) is 0 Å². The van der Waals surface area contributed by atoms with Crippen LogP contribution in [0.2, 0.25) is 0 Å². The zero-order valence-corrected chi connectivity index (χ0v) is 11.4. The van der Waals surface area contributed by atoms with E-state index in [1.54, 1.807) is 6.33 Å². The Bertz CT molecular complexity index is 386. The third kappa shape index (κ3) is 2.31. The van der Waals surface area contributed by atoms with Crippen LogP contribution >= 0.6 is 0 Å². The first kappa shape index (κ1) is 12.2. The first-order valence-electron chi connectivity index (χ1n) is 7.15. The number of aromatic nitrogens is 2. The maximum Gasteiger partial charge on any atom is 0.0925 e. The number of aryl methyl sites for hydroxylation is 1. The van der Waals surface area contributed by atoms with Crippen LogP contribution in [0.1, 0.15) is 37.1 Å². The minimum atomic E-state index is 0.850. The predicted molar refractivity (Wildman–Crippen MR) is 72.3 cm³/mol. The molecule has 4 nitrogen and oxygen atoms in total. The van der Waals surface area contributed by atoms with Crippen molar-refractivity contribution in [3.05, 3.63) is 17.7 Å². The second kappa shape index (κ2) is 5.02. The van der Waals surface area contributed by atoms with Gasteiger partial charge in [-0.1, -0.05) is 0 Å². The molecule has 18 heavy (non-hydrogen) atoms. The van der Waals surface area contributed by atoms with Crippen molar-refractivity contribution in [2.75, 3.05) is 13.6 Å². The lowest BCUT2D eigenvalue weighted by atomic mass is 9.91. The summed E-state index contributed by atoms with van der Waals surface area (Å²) < 4.78 is 0. The van der Waals surface area contributed by atoms with Gasteiger partial charge in [0.1, 0.15) is 0 Å². The molecule has 2 bridgehead atoms. The minimum Gasteiger partial charge on any atom is -0.348 e. The molecule has 1 aromatic rings. The number of hydrogen-bond donors (Lipinski definition) is 2. The fourth-order valence-electron chi connectivity index (χ4n) is 3.65. The van der Waals surface area contributed by atoms with Gasteiger partial charge in [-0.3, -0.25) is 0 Å². The molecule has 4 heteroatoms. The van der Waals surface area contributed by atoms with Crippen LogP contribution in [0.25, 0.3) is 0 Å². The normalized spacial score (nSPS) is 32.0. The molecule has 2 aliphatic heterocycles. The number of piperidine rings is 1. The molecule has 2 N–H and O–H groups in total. The topological polar surface area (TPSA) is 44.0 Å². The Hall–Kier alpha value is -0.870. The van der Waals surface area contributed by atoms with Gasteiger partial charge in [0.15, 0.2) is 0 Å². The van der Waals surface area contributed by atoms with Gasteiger partial charge in [-0.15, -0.1) is 0 Å². The fourth-order valence-corrected chi connectivity index (χ4v) is 3.65. The van der Waals surface area contributed by atoms with Crippen LogP contribution < -0.4 is 5.32 Å². The van der Waals surface area contributed by atoms with Crippen LogP contribution in [0.4, 0.5) is 0 Å². The van der Waals surface area contributed by atoms with Crippen LogP contribution in [0.3, 0.4) is 0 Å². The van der Waals surface area contributed by atoms with E-state index in [0.717, 1.165) is 36.8 Å². The number of rotatable bonds is 4. The van der Waals surface area contributed by atoms with Crippen LogP contribution in [0.5, 0.6) is 0 Å². The SMILES string of the molecule is Cc1[nH]cnc1CNCC1CC2CCC(C1)N2C. The van der Waals surface area contributed by atoms with E-state index in [0.29, 0.717) is 0 Å². The lowest BCUT2D eigenvalue weighted by molar-refractivity contribution is 0.133. The summed E-state index contributed by atoms with van der Waals surface area (Å²) in [4.78, 5) is 10.1. The molecule has 2 atom stereocenters. The Morgan fingerprint density at radius 3 is 2.72 bits per heavy atom. The summed E-state index contributed by atoms with van der Waals surface area (Å²) in [5.41, 5.74) is 2.34. The summed E-state index contributed by atoms with van der Waals surface area (Å²) >= 11 is 0. The Kier molecular flexibility index (Phi) is 3.39. The highest BCUT2D eigenvalue weighted by atomic mass is 15.2. The van der Waals surface area contributed by atoms with Crippen LogP contribution in [0, 0.1) is 12.8 Å². The molecule has 3 heterocycles. The van der Waals surface area contributed by atoms with E-state index < -0.39 is 0 Å². The van der Waals surface area contributed by atoms with Crippen LogP contribution in [0.15, 0.2) is 6.33 Å². The summed E-state index contributed by atoms with van der Waals surface area (Å²) in [6, 6.07) is 1.70. The number of nitrogens with zero attached hydrogens (tertiary/aromatic N) is 2. The first-order chi connectivity index (χ1) is 8.74. The van der Waals surface area contributed by atoms with Gasteiger partial charge in [0, 0.05) is 24.3 Å². The van der Waals surface area contributed by atoms with Crippen molar-refractivity contribution in [3.8, 4) is 0 Å². The van der Waals surface area contributed by atoms with E-state index >= 15 is 0 Å². The summed E-state index contributed by atoms with van der Waals surface area (Å²) in [6.07, 6.45) is 7.35. The van der Waals surface area contributed by atoms with Crippen molar-refractivity contribution in [3.63, 3.8) is 0 Å². The maximum absolute atomic E-state index is 4.33. The smallest absolute Gasteiger partial charge is 0.0925 e. The van der Waals surface area contributed by atoms with E-state index in [9.17, 15) is 0 Å². The van der Waals surface area contributed by atoms with Gasteiger partial charge in [0.05, 0.1) is 12.0 Å². The van der Waals surface area contributed by atoms with Gasteiger partial charge >= 0.3 is 0 Å². The van der Waals surface area contributed by atoms with Crippen LogP contribution in [-0.4, -0.2) is 40.5 Å². The predicted octanol–water partition coefficient (Wildman–Crippen LogP) is 1.68. The maximum atomic E-state index is 4.33. The summed E-state index contributed by atoms with van der Waals surface area (Å²) in [7, 11) is 2.30. The van der Waals surface area contributed by atoms with Crippen LogP contribution in [-0.2, 0) is 6.54 Å². The van der Waals surface area contributed by atoms with Crippen molar-refractivity contribution in [2.24, 2.45) is 5.92 Å². The minimum absolute atomic E-state index is 0.850. The summed E-state index contributed by atoms with van der Waals surface area (Å²) in [5, 5.41) is 3.58. The van der Waals surface area contributed by atoms with E-state index in [4.69, 9.17) is 0 Å².